The molecule has 0 saturated heterocycles. The van der Waals surface area contributed by atoms with Crippen LogP contribution in [0.3, 0.4) is 0 Å². The lowest BCUT2D eigenvalue weighted by molar-refractivity contribution is 0.327. The van der Waals surface area contributed by atoms with Crippen LogP contribution < -0.4 is 4.74 Å². The lowest BCUT2D eigenvalue weighted by Crippen LogP contribution is -2.06. The van der Waals surface area contributed by atoms with Crippen molar-refractivity contribution in [2.45, 2.75) is 58.8 Å². The first kappa shape index (κ1) is 13.5. The minimum absolute atomic E-state index is 0.581. The van der Waals surface area contributed by atoms with E-state index >= 15 is 0 Å². The minimum Gasteiger partial charge on any atom is -0.493 e. The first-order chi connectivity index (χ1) is 8.69. The molecule has 0 amide bonds. The first-order valence-electron chi connectivity index (χ1n) is 7.44. The summed E-state index contributed by atoms with van der Waals surface area (Å²) in [4.78, 5) is 0. The van der Waals surface area contributed by atoms with Gasteiger partial charge in [0.15, 0.2) is 0 Å². The number of hydrogen-bond acceptors (Lipinski definition) is 1. The van der Waals surface area contributed by atoms with Gasteiger partial charge in [-0.25, -0.2) is 0 Å². The van der Waals surface area contributed by atoms with Crippen LogP contribution in [0.15, 0.2) is 18.2 Å². The van der Waals surface area contributed by atoms with Crippen molar-refractivity contribution in [3.63, 3.8) is 0 Å². The van der Waals surface area contributed by atoms with E-state index in [1.54, 1.807) is 0 Å². The van der Waals surface area contributed by atoms with Gasteiger partial charge in [-0.1, -0.05) is 39.0 Å². The van der Waals surface area contributed by atoms with E-state index in [-0.39, 0.29) is 0 Å². The Hall–Kier alpha value is -0.980. The fourth-order valence-electron chi connectivity index (χ4n) is 2.70. The average Bonchev–Trinajstić information content (AvgIpc) is 3.22. The summed E-state index contributed by atoms with van der Waals surface area (Å²) in [5.74, 6) is 3.29. The Morgan fingerprint density at radius 2 is 1.83 bits per heavy atom. The molecule has 0 N–H and O–H groups in total. The standard InChI is InChI=1S/C17H26O/c1-5-12(3)15-8-7-9-16(17(15)18-6-2)13(4)14-10-11-14/h7-9,12-14H,5-6,10-11H2,1-4H3. The number of para-hydroxylation sites is 1. The van der Waals surface area contributed by atoms with Crippen molar-refractivity contribution in [3.05, 3.63) is 29.3 Å². The molecule has 18 heavy (non-hydrogen) atoms. The van der Waals surface area contributed by atoms with Gasteiger partial charge in [0.05, 0.1) is 6.61 Å². The summed E-state index contributed by atoms with van der Waals surface area (Å²) in [5.41, 5.74) is 2.82. The van der Waals surface area contributed by atoms with Crippen LogP contribution in [0.4, 0.5) is 0 Å². The number of benzene rings is 1. The Morgan fingerprint density at radius 1 is 1.17 bits per heavy atom. The highest BCUT2D eigenvalue weighted by molar-refractivity contribution is 5.45. The Labute approximate surface area is 112 Å². The molecule has 0 spiro atoms. The average molecular weight is 246 g/mol. The molecule has 1 aromatic carbocycles. The second-order valence-electron chi connectivity index (χ2n) is 5.63. The monoisotopic (exact) mass is 246 g/mol. The fraction of sp³-hybridized carbons (Fsp3) is 0.647. The summed E-state index contributed by atoms with van der Waals surface area (Å²) in [7, 11) is 0. The molecule has 0 bridgehead atoms. The number of hydrogen-bond donors (Lipinski definition) is 0. The van der Waals surface area contributed by atoms with E-state index in [0.717, 1.165) is 12.5 Å². The molecule has 1 aliphatic rings. The maximum absolute atomic E-state index is 5.99. The quantitative estimate of drug-likeness (QED) is 0.677. The lowest BCUT2D eigenvalue weighted by Gasteiger charge is -2.22. The molecule has 2 atom stereocenters. The van der Waals surface area contributed by atoms with Gasteiger partial charge >= 0.3 is 0 Å². The van der Waals surface area contributed by atoms with E-state index in [1.807, 2.05) is 0 Å². The third-order valence-electron chi connectivity index (χ3n) is 4.33. The smallest absolute Gasteiger partial charge is 0.126 e. The molecule has 0 aliphatic heterocycles. The van der Waals surface area contributed by atoms with E-state index in [1.165, 1.54) is 36.1 Å². The van der Waals surface area contributed by atoms with E-state index in [9.17, 15) is 0 Å². The summed E-state index contributed by atoms with van der Waals surface area (Å²) in [6, 6.07) is 6.71. The summed E-state index contributed by atoms with van der Waals surface area (Å²) < 4.78 is 5.99. The van der Waals surface area contributed by atoms with E-state index in [4.69, 9.17) is 4.74 Å². The van der Waals surface area contributed by atoms with Gasteiger partial charge in [-0.3, -0.25) is 0 Å². The molecule has 1 nitrogen and oxygen atoms in total. The number of ether oxygens (including phenoxy) is 1. The normalized spacial score (nSPS) is 18.4. The molecule has 1 aliphatic carbocycles. The van der Waals surface area contributed by atoms with Crippen LogP contribution in [0.1, 0.15) is 69.9 Å². The van der Waals surface area contributed by atoms with Crippen molar-refractivity contribution in [2.75, 3.05) is 6.61 Å². The number of rotatable bonds is 6. The maximum atomic E-state index is 5.99. The van der Waals surface area contributed by atoms with Crippen molar-refractivity contribution in [1.82, 2.24) is 0 Å². The van der Waals surface area contributed by atoms with Gasteiger partial charge in [0.2, 0.25) is 0 Å². The van der Waals surface area contributed by atoms with Gasteiger partial charge in [-0.05, 0) is 55.1 Å². The third-order valence-corrected chi connectivity index (χ3v) is 4.33. The van der Waals surface area contributed by atoms with E-state index < -0.39 is 0 Å². The highest BCUT2D eigenvalue weighted by Crippen LogP contribution is 2.46. The molecule has 1 fully saturated rings. The van der Waals surface area contributed by atoms with Crippen LogP contribution >= 0.6 is 0 Å². The Bertz CT molecular complexity index is 393. The van der Waals surface area contributed by atoms with Crippen LogP contribution in [0.5, 0.6) is 5.75 Å². The van der Waals surface area contributed by atoms with Crippen molar-refractivity contribution < 1.29 is 4.74 Å². The highest BCUT2D eigenvalue weighted by Gasteiger charge is 2.31. The highest BCUT2D eigenvalue weighted by atomic mass is 16.5. The zero-order valence-corrected chi connectivity index (χ0v) is 12.2. The van der Waals surface area contributed by atoms with E-state index in [2.05, 4.69) is 45.9 Å². The predicted octanol–water partition coefficient (Wildman–Crippen LogP) is 5.11. The zero-order valence-electron chi connectivity index (χ0n) is 12.2. The molecule has 2 rings (SSSR count). The van der Waals surface area contributed by atoms with Crippen LogP contribution in [-0.2, 0) is 0 Å². The molecule has 0 heterocycles. The van der Waals surface area contributed by atoms with Crippen LogP contribution in [0, 0.1) is 5.92 Å². The van der Waals surface area contributed by atoms with Gasteiger partial charge in [0.1, 0.15) is 5.75 Å². The molecule has 1 heteroatoms. The van der Waals surface area contributed by atoms with Gasteiger partial charge in [-0.2, -0.15) is 0 Å². The van der Waals surface area contributed by atoms with Crippen molar-refractivity contribution in [2.24, 2.45) is 5.92 Å². The summed E-state index contributed by atoms with van der Waals surface area (Å²) >= 11 is 0. The molecule has 0 radical (unpaired) electrons. The third kappa shape index (κ3) is 2.71. The van der Waals surface area contributed by atoms with E-state index in [0.29, 0.717) is 11.8 Å². The lowest BCUT2D eigenvalue weighted by atomic mass is 9.89. The second kappa shape index (κ2) is 5.77. The minimum atomic E-state index is 0.581. The van der Waals surface area contributed by atoms with Gasteiger partial charge in [0.25, 0.3) is 0 Å². The molecule has 0 aromatic heterocycles. The van der Waals surface area contributed by atoms with Crippen molar-refractivity contribution in [1.29, 1.82) is 0 Å². The fourth-order valence-corrected chi connectivity index (χ4v) is 2.70. The van der Waals surface area contributed by atoms with Crippen molar-refractivity contribution in [3.8, 4) is 5.75 Å². The van der Waals surface area contributed by atoms with Gasteiger partial charge in [-0.15, -0.1) is 0 Å². The molecule has 1 aromatic rings. The topological polar surface area (TPSA) is 9.23 Å². The summed E-state index contributed by atoms with van der Waals surface area (Å²) in [6.45, 7) is 9.74. The van der Waals surface area contributed by atoms with Crippen LogP contribution in [0.25, 0.3) is 0 Å². The SMILES string of the molecule is CCOc1c(C(C)CC)cccc1C(C)C1CC1. The van der Waals surface area contributed by atoms with Crippen molar-refractivity contribution >= 4 is 0 Å². The Morgan fingerprint density at radius 3 is 2.39 bits per heavy atom. The largest absolute Gasteiger partial charge is 0.493 e. The molecular weight excluding hydrogens is 220 g/mol. The van der Waals surface area contributed by atoms with Gasteiger partial charge in [0, 0.05) is 0 Å². The molecule has 100 valence electrons. The van der Waals surface area contributed by atoms with Gasteiger partial charge < -0.3 is 4.74 Å². The summed E-state index contributed by atoms with van der Waals surface area (Å²) in [5, 5.41) is 0. The molecular formula is C17H26O. The molecule has 2 unspecified atom stereocenters. The van der Waals surface area contributed by atoms with Crippen LogP contribution in [-0.4, -0.2) is 6.61 Å². The first-order valence-corrected chi connectivity index (χ1v) is 7.44. The van der Waals surface area contributed by atoms with Crippen LogP contribution in [0.2, 0.25) is 0 Å². The molecule has 1 saturated carbocycles. The zero-order chi connectivity index (χ0) is 13.1. The second-order valence-corrected chi connectivity index (χ2v) is 5.63. The maximum Gasteiger partial charge on any atom is 0.126 e. The Kier molecular flexibility index (Phi) is 4.31. The summed E-state index contributed by atoms with van der Waals surface area (Å²) in [6.07, 6.45) is 3.95. The Balaban J connectivity index is 2.37. The predicted molar refractivity (Wildman–Crippen MR) is 77.5 cm³/mol.